The molecular weight excluding hydrogens is 248 g/mol. The zero-order valence-corrected chi connectivity index (χ0v) is 12.4. The Bertz CT molecular complexity index is 564. The van der Waals surface area contributed by atoms with Crippen molar-refractivity contribution >= 4 is 5.69 Å². The second kappa shape index (κ2) is 6.44. The number of hydrogen-bond acceptors (Lipinski definition) is 3. The maximum Gasteiger partial charge on any atom is 0.118 e. The summed E-state index contributed by atoms with van der Waals surface area (Å²) in [5.74, 6) is 0.892. The number of benzene rings is 2. The summed E-state index contributed by atoms with van der Waals surface area (Å²) in [7, 11) is 3.80. The van der Waals surface area contributed by atoms with E-state index in [1.807, 2.05) is 24.3 Å². The van der Waals surface area contributed by atoms with Gasteiger partial charge in [0.15, 0.2) is 0 Å². The van der Waals surface area contributed by atoms with Gasteiger partial charge in [0, 0.05) is 18.8 Å². The third-order valence-electron chi connectivity index (χ3n) is 3.54. The second-order valence-corrected chi connectivity index (χ2v) is 5.15. The molecule has 2 aromatic carbocycles. The molecule has 106 valence electrons. The lowest BCUT2D eigenvalue weighted by molar-refractivity contribution is 0.318. The lowest BCUT2D eigenvalue weighted by Gasteiger charge is -2.19. The van der Waals surface area contributed by atoms with E-state index in [1.165, 1.54) is 16.7 Å². The molecule has 0 radical (unpaired) electrons. The highest BCUT2D eigenvalue weighted by Crippen LogP contribution is 2.18. The standard InChI is InChI=1S/C17H22N2O/c1-13-15(5-4-6-17(13)18)12-19(2)11-14-7-9-16(20-3)10-8-14/h4-10H,11-12,18H2,1-3H3. The molecule has 0 heterocycles. The first-order valence-electron chi connectivity index (χ1n) is 6.75. The van der Waals surface area contributed by atoms with Crippen LogP contribution in [0.3, 0.4) is 0 Å². The predicted octanol–water partition coefficient (Wildman–Crippen LogP) is 3.22. The highest BCUT2D eigenvalue weighted by Gasteiger charge is 2.06. The third-order valence-corrected chi connectivity index (χ3v) is 3.54. The molecule has 0 aromatic heterocycles. The largest absolute Gasteiger partial charge is 0.497 e. The van der Waals surface area contributed by atoms with E-state index in [0.717, 1.165) is 24.5 Å². The Morgan fingerprint density at radius 1 is 1.05 bits per heavy atom. The number of nitrogen functional groups attached to an aromatic ring is 1. The molecule has 0 saturated heterocycles. The fourth-order valence-corrected chi connectivity index (χ4v) is 2.26. The summed E-state index contributed by atoms with van der Waals surface area (Å²) in [5.41, 5.74) is 10.5. The average molecular weight is 270 g/mol. The van der Waals surface area contributed by atoms with Gasteiger partial charge in [-0.05, 0) is 48.9 Å². The van der Waals surface area contributed by atoms with Crippen molar-refractivity contribution in [3.8, 4) is 5.75 Å². The molecule has 0 bridgehead atoms. The van der Waals surface area contributed by atoms with Crippen LogP contribution in [0.5, 0.6) is 5.75 Å². The van der Waals surface area contributed by atoms with Gasteiger partial charge in [-0.25, -0.2) is 0 Å². The van der Waals surface area contributed by atoms with Gasteiger partial charge < -0.3 is 10.5 Å². The van der Waals surface area contributed by atoms with Crippen LogP contribution >= 0.6 is 0 Å². The molecule has 2 rings (SSSR count). The molecule has 0 spiro atoms. The number of rotatable bonds is 5. The topological polar surface area (TPSA) is 38.5 Å². The number of nitrogens with zero attached hydrogens (tertiary/aromatic N) is 1. The van der Waals surface area contributed by atoms with Gasteiger partial charge in [0.05, 0.1) is 7.11 Å². The molecule has 20 heavy (non-hydrogen) atoms. The molecule has 2 aromatic rings. The molecule has 0 aliphatic rings. The van der Waals surface area contributed by atoms with Crippen LogP contribution in [-0.2, 0) is 13.1 Å². The number of hydrogen-bond donors (Lipinski definition) is 1. The Morgan fingerprint density at radius 2 is 1.75 bits per heavy atom. The number of ether oxygens (including phenoxy) is 1. The Labute approximate surface area is 121 Å². The van der Waals surface area contributed by atoms with Gasteiger partial charge in [-0.2, -0.15) is 0 Å². The van der Waals surface area contributed by atoms with E-state index < -0.39 is 0 Å². The summed E-state index contributed by atoms with van der Waals surface area (Å²) in [4.78, 5) is 2.28. The maximum atomic E-state index is 5.95. The highest BCUT2D eigenvalue weighted by molar-refractivity contribution is 5.49. The highest BCUT2D eigenvalue weighted by atomic mass is 16.5. The Hall–Kier alpha value is -2.00. The summed E-state index contributed by atoms with van der Waals surface area (Å²) in [6, 6.07) is 14.3. The smallest absolute Gasteiger partial charge is 0.118 e. The van der Waals surface area contributed by atoms with E-state index in [9.17, 15) is 0 Å². The predicted molar refractivity (Wildman–Crippen MR) is 83.8 cm³/mol. The first-order valence-corrected chi connectivity index (χ1v) is 6.75. The molecule has 0 aliphatic heterocycles. The minimum atomic E-state index is 0.861. The van der Waals surface area contributed by atoms with Crippen LogP contribution in [0.1, 0.15) is 16.7 Å². The quantitative estimate of drug-likeness (QED) is 0.848. The van der Waals surface area contributed by atoms with E-state index in [1.54, 1.807) is 7.11 Å². The molecule has 0 fully saturated rings. The molecule has 0 unspecified atom stereocenters. The lowest BCUT2D eigenvalue weighted by Crippen LogP contribution is -2.18. The zero-order valence-electron chi connectivity index (χ0n) is 12.4. The fourth-order valence-electron chi connectivity index (χ4n) is 2.26. The van der Waals surface area contributed by atoms with Gasteiger partial charge in [-0.1, -0.05) is 24.3 Å². The average Bonchev–Trinajstić information content (AvgIpc) is 2.45. The van der Waals surface area contributed by atoms with Crippen molar-refractivity contribution in [1.82, 2.24) is 4.90 Å². The number of methoxy groups -OCH3 is 1. The molecule has 0 amide bonds. The molecule has 0 aliphatic carbocycles. The van der Waals surface area contributed by atoms with Crippen molar-refractivity contribution in [2.75, 3.05) is 19.9 Å². The van der Waals surface area contributed by atoms with Crippen molar-refractivity contribution in [3.05, 3.63) is 59.2 Å². The van der Waals surface area contributed by atoms with Gasteiger partial charge in [-0.15, -0.1) is 0 Å². The molecule has 3 nitrogen and oxygen atoms in total. The van der Waals surface area contributed by atoms with Crippen molar-refractivity contribution < 1.29 is 4.74 Å². The summed E-state index contributed by atoms with van der Waals surface area (Å²) in [6.07, 6.45) is 0. The van der Waals surface area contributed by atoms with Crippen LogP contribution in [0.4, 0.5) is 5.69 Å². The third kappa shape index (κ3) is 3.52. The summed E-state index contributed by atoms with van der Waals surface area (Å²) in [6.45, 7) is 3.87. The number of nitrogens with two attached hydrogens (primary N) is 1. The van der Waals surface area contributed by atoms with Crippen LogP contribution in [0, 0.1) is 6.92 Å². The molecule has 2 N–H and O–H groups in total. The lowest BCUT2D eigenvalue weighted by atomic mass is 10.1. The Balaban J connectivity index is 2.01. The molecule has 0 saturated carbocycles. The van der Waals surface area contributed by atoms with E-state index in [4.69, 9.17) is 10.5 Å². The summed E-state index contributed by atoms with van der Waals surface area (Å²) >= 11 is 0. The Morgan fingerprint density at radius 3 is 2.40 bits per heavy atom. The van der Waals surface area contributed by atoms with Gasteiger partial charge >= 0.3 is 0 Å². The van der Waals surface area contributed by atoms with E-state index in [2.05, 4.69) is 37.1 Å². The van der Waals surface area contributed by atoms with Crippen LogP contribution < -0.4 is 10.5 Å². The van der Waals surface area contributed by atoms with Gasteiger partial charge in [0.2, 0.25) is 0 Å². The molecular formula is C17H22N2O. The van der Waals surface area contributed by atoms with E-state index in [-0.39, 0.29) is 0 Å². The minimum absolute atomic E-state index is 0.861. The van der Waals surface area contributed by atoms with Crippen LogP contribution in [0.15, 0.2) is 42.5 Å². The minimum Gasteiger partial charge on any atom is -0.497 e. The van der Waals surface area contributed by atoms with Gasteiger partial charge in [-0.3, -0.25) is 4.90 Å². The number of anilines is 1. The first-order chi connectivity index (χ1) is 9.60. The van der Waals surface area contributed by atoms with Crippen molar-refractivity contribution in [1.29, 1.82) is 0 Å². The van der Waals surface area contributed by atoms with Crippen molar-refractivity contribution in [2.24, 2.45) is 0 Å². The van der Waals surface area contributed by atoms with Crippen LogP contribution in [0.25, 0.3) is 0 Å². The van der Waals surface area contributed by atoms with Gasteiger partial charge in [0.25, 0.3) is 0 Å². The summed E-state index contributed by atoms with van der Waals surface area (Å²) < 4.78 is 5.17. The maximum absolute atomic E-state index is 5.95. The fraction of sp³-hybridized carbons (Fsp3) is 0.294. The zero-order chi connectivity index (χ0) is 14.5. The normalized spacial score (nSPS) is 10.8. The Kier molecular flexibility index (Phi) is 4.64. The molecule has 3 heteroatoms. The van der Waals surface area contributed by atoms with E-state index >= 15 is 0 Å². The SMILES string of the molecule is COc1ccc(CN(C)Cc2cccc(N)c2C)cc1. The van der Waals surface area contributed by atoms with Crippen LogP contribution in [0.2, 0.25) is 0 Å². The van der Waals surface area contributed by atoms with Crippen molar-refractivity contribution in [2.45, 2.75) is 20.0 Å². The molecule has 0 atom stereocenters. The van der Waals surface area contributed by atoms with Crippen molar-refractivity contribution in [3.63, 3.8) is 0 Å². The van der Waals surface area contributed by atoms with E-state index in [0.29, 0.717) is 0 Å². The van der Waals surface area contributed by atoms with Crippen LogP contribution in [-0.4, -0.2) is 19.1 Å². The monoisotopic (exact) mass is 270 g/mol. The summed E-state index contributed by atoms with van der Waals surface area (Å²) in [5, 5.41) is 0. The second-order valence-electron chi connectivity index (χ2n) is 5.15. The first kappa shape index (κ1) is 14.4. The van der Waals surface area contributed by atoms with Gasteiger partial charge in [0.1, 0.15) is 5.75 Å².